The summed E-state index contributed by atoms with van der Waals surface area (Å²) in [5, 5.41) is 21.2. The number of nitrogens with one attached hydrogen (secondary N) is 2. The number of halogens is 3. The highest BCUT2D eigenvalue weighted by Crippen LogP contribution is 2.44. The average Bonchev–Trinajstić information content (AvgIpc) is 3.08. The lowest BCUT2D eigenvalue weighted by molar-refractivity contribution is -0.160. The van der Waals surface area contributed by atoms with Gasteiger partial charge in [0.05, 0.1) is 13.0 Å². The maximum atomic E-state index is 13.3. The molecular weight excluding hydrogens is 445 g/mol. The lowest BCUT2D eigenvalue weighted by atomic mass is 9.98. The molecule has 1 aliphatic rings. The van der Waals surface area contributed by atoms with Gasteiger partial charge in [0.2, 0.25) is 5.91 Å². The molecule has 0 bridgehead atoms. The maximum absolute atomic E-state index is 13.3. The van der Waals surface area contributed by atoms with Crippen molar-refractivity contribution in [1.29, 1.82) is 0 Å². The Morgan fingerprint density at radius 3 is 2.06 bits per heavy atom. The van der Waals surface area contributed by atoms with Crippen LogP contribution in [0.3, 0.4) is 0 Å². The van der Waals surface area contributed by atoms with E-state index >= 15 is 0 Å². The van der Waals surface area contributed by atoms with Crippen LogP contribution in [0.2, 0.25) is 0 Å². The van der Waals surface area contributed by atoms with Gasteiger partial charge in [0.15, 0.2) is 6.10 Å². The van der Waals surface area contributed by atoms with E-state index in [0.29, 0.717) is 0 Å². The van der Waals surface area contributed by atoms with Crippen molar-refractivity contribution < 1.29 is 42.5 Å². The van der Waals surface area contributed by atoms with Crippen LogP contribution >= 0.6 is 0 Å². The fraction of sp³-hybridized carbons (Fsp3) is 0.318. The van der Waals surface area contributed by atoms with E-state index in [1.165, 1.54) is 0 Å². The van der Waals surface area contributed by atoms with E-state index < -0.39 is 49.3 Å². The average molecular weight is 466 g/mol. The Labute approximate surface area is 186 Å². The third-order valence-electron chi connectivity index (χ3n) is 5.20. The number of ether oxygens (including phenoxy) is 1. The van der Waals surface area contributed by atoms with Gasteiger partial charge < -0.3 is 25.6 Å². The molecule has 2 amide bonds. The Morgan fingerprint density at radius 1 is 1.00 bits per heavy atom. The van der Waals surface area contributed by atoms with E-state index in [1.54, 1.807) is 5.32 Å². The SMILES string of the molecule is O=C(CC(NC(=O)OCC1c2ccccc2-c2ccccc21)C(F)(F)F)NC[C@H](O)C(=O)O. The first kappa shape index (κ1) is 24.1. The Hall–Kier alpha value is -3.60. The molecule has 0 heterocycles. The Kier molecular flexibility index (Phi) is 7.22. The van der Waals surface area contributed by atoms with Crippen molar-refractivity contribution in [2.45, 2.75) is 30.7 Å². The summed E-state index contributed by atoms with van der Waals surface area (Å²) in [5.74, 6) is -3.19. The van der Waals surface area contributed by atoms with Crippen LogP contribution < -0.4 is 10.6 Å². The molecule has 2 aromatic carbocycles. The highest BCUT2D eigenvalue weighted by atomic mass is 19.4. The van der Waals surface area contributed by atoms with Crippen molar-refractivity contribution in [3.05, 3.63) is 59.7 Å². The van der Waals surface area contributed by atoms with E-state index in [9.17, 15) is 27.6 Å². The molecule has 0 saturated heterocycles. The van der Waals surface area contributed by atoms with Crippen molar-refractivity contribution in [3.63, 3.8) is 0 Å². The molecule has 11 heteroatoms. The van der Waals surface area contributed by atoms with Crippen LogP contribution in [-0.4, -0.2) is 59.7 Å². The minimum absolute atomic E-state index is 0.207. The molecule has 0 spiro atoms. The Balaban J connectivity index is 1.61. The van der Waals surface area contributed by atoms with Crippen LogP contribution in [0.1, 0.15) is 23.5 Å². The number of rotatable bonds is 8. The number of carboxylic acids is 1. The number of carbonyl (C=O) groups excluding carboxylic acids is 2. The summed E-state index contributed by atoms with van der Waals surface area (Å²) in [7, 11) is 0. The summed E-state index contributed by atoms with van der Waals surface area (Å²) in [4.78, 5) is 34.4. The van der Waals surface area contributed by atoms with Crippen molar-refractivity contribution in [1.82, 2.24) is 10.6 Å². The van der Waals surface area contributed by atoms with Crippen LogP contribution in [0.15, 0.2) is 48.5 Å². The second-order valence-corrected chi connectivity index (χ2v) is 7.43. The van der Waals surface area contributed by atoms with Gasteiger partial charge in [0, 0.05) is 5.92 Å². The Morgan fingerprint density at radius 2 is 1.55 bits per heavy atom. The molecule has 8 nitrogen and oxygen atoms in total. The van der Waals surface area contributed by atoms with Crippen molar-refractivity contribution in [3.8, 4) is 11.1 Å². The molecule has 3 rings (SSSR count). The second-order valence-electron chi connectivity index (χ2n) is 7.43. The number of hydrogen-bond donors (Lipinski definition) is 4. The summed E-state index contributed by atoms with van der Waals surface area (Å²) in [5.41, 5.74) is 3.68. The van der Waals surface area contributed by atoms with Gasteiger partial charge in [-0.05, 0) is 22.3 Å². The number of aliphatic hydroxyl groups is 1. The molecule has 4 N–H and O–H groups in total. The number of aliphatic carboxylic acids is 1. The number of alkyl carbamates (subject to hydrolysis) is 1. The summed E-state index contributed by atoms with van der Waals surface area (Å²) in [6.45, 7) is -0.981. The second kappa shape index (κ2) is 9.90. The third-order valence-corrected chi connectivity index (χ3v) is 5.20. The predicted octanol–water partition coefficient (Wildman–Crippen LogP) is 2.41. The van der Waals surface area contributed by atoms with E-state index in [4.69, 9.17) is 14.9 Å². The number of fused-ring (bicyclic) bond motifs is 3. The first-order chi connectivity index (χ1) is 15.6. The van der Waals surface area contributed by atoms with E-state index in [0.717, 1.165) is 22.3 Å². The first-order valence-corrected chi connectivity index (χ1v) is 9.93. The fourth-order valence-corrected chi connectivity index (χ4v) is 3.59. The van der Waals surface area contributed by atoms with Gasteiger partial charge in [0.1, 0.15) is 12.6 Å². The summed E-state index contributed by atoms with van der Waals surface area (Å²) in [6.07, 6.45) is -9.49. The van der Waals surface area contributed by atoms with Gasteiger partial charge in [-0.1, -0.05) is 48.5 Å². The van der Waals surface area contributed by atoms with Crippen LogP contribution in [0.5, 0.6) is 0 Å². The molecule has 1 aliphatic carbocycles. The highest BCUT2D eigenvalue weighted by molar-refractivity contribution is 5.80. The van der Waals surface area contributed by atoms with Crippen LogP contribution in [0.4, 0.5) is 18.0 Å². The Bertz CT molecular complexity index is 997. The zero-order valence-corrected chi connectivity index (χ0v) is 17.1. The summed E-state index contributed by atoms with van der Waals surface area (Å²) >= 11 is 0. The molecule has 0 radical (unpaired) electrons. The van der Waals surface area contributed by atoms with Crippen molar-refractivity contribution in [2.24, 2.45) is 0 Å². The highest BCUT2D eigenvalue weighted by Gasteiger charge is 2.42. The minimum atomic E-state index is -4.96. The van der Waals surface area contributed by atoms with Gasteiger partial charge in [-0.25, -0.2) is 9.59 Å². The number of carboxylic acid groups (broad SMARTS) is 1. The van der Waals surface area contributed by atoms with Gasteiger partial charge in [-0.2, -0.15) is 13.2 Å². The lowest BCUT2D eigenvalue weighted by Gasteiger charge is -2.22. The zero-order chi connectivity index (χ0) is 24.2. The molecule has 0 fully saturated rings. The zero-order valence-electron chi connectivity index (χ0n) is 17.1. The fourth-order valence-electron chi connectivity index (χ4n) is 3.59. The number of aliphatic hydroxyl groups excluding tert-OH is 1. The van der Waals surface area contributed by atoms with Gasteiger partial charge in [-0.15, -0.1) is 0 Å². The largest absolute Gasteiger partial charge is 0.479 e. The molecule has 0 saturated carbocycles. The van der Waals surface area contributed by atoms with E-state index in [2.05, 4.69) is 0 Å². The van der Waals surface area contributed by atoms with Gasteiger partial charge in [0.25, 0.3) is 0 Å². The predicted molar refractivity (Wildman–Crippen MR) is 109 cm³/mol. The van der Waals surface area contributed by atoms with Gasteiger partial charge in [-0.3, -0.25) is 4.79 Å². The standard InChI is InChI=1S/C22H21F3N2O6/c23-22(24,25)18(9-19(29)26-10-17(28)20(30)31)27-21(32)33-11-16-14-7-3-1-5-12(14)13-6-2-4-8-15(13)16/h1-8,16-18,28H,9-11H2,(H,26,29)(H,27,32)(H,30,31)/t17-,18?/m0/s1. The molecule has 1 unspecified atom stereocenters. The van der Waals surface area contributed by atoms with Crippen molar-refractivity contribution in [2.75, 3.05) is 13.2 Å². The first-order valence-electron chi connectivity index (χ1n) is 9.93. The van der Waals surface area contributed by atoms with Crippen molar-refractivity contribution >= 4 is 18.0 Å². The molecular formula is C22H21F3N2O6. The quantitative estimate of drug-likeness (QED) is 0.474. The number of benzene rings is 2. The smallest absolute Gasteiger partial charge is 0.409 e. The molecule has 0 aromatic heterocycles. The monoisotopic (exact) mass is 466 g/mol. The summed E-state index contributed by atoms with van der Waals surface area (Å²) in [6, 6.07) is 12.3. The van der Waals surface area contributed by atoms with Crippen LogP contribution in [0.25, 0.3) is 11.1 Å². The number of carbonyl (C=O) groups is 3. The topological polar surface area (TPSA) is 125 Å². The third kappa shape index (κ3) is 5.80. The molecule has 176 valence electrons. The number of hydrogen-bond acceptors (Lipinski definition) is 5. The molecule has 2 aromatic rings. The van der Waals surface area contributed by atoms with Crippen LogP contribution in [0, 0.1) is 0 Å². The number of alkyl halides is 3. The molecule has 0 aliphatic heterocycles. The van der Waals surface area contributed by atoms with Gasteiger partial charge >= 0.3 is 18.2 Å². The molecule has 2 atom stereocenters. The van der Waals surface area contributed by atoms with Crippen LogP contribution in [-0.2, 0) is 14.3 Å². The lowest BCUT2D eigenvalue weighted by Crippen LogP contribution is -2.49. The normalized spacial score (nSPS) is 14.5. The van der Waals surface area contributed by atoms with E-state index in [1.807, 2.05) is 53.8 Å². The van der Waals surface area contributed by atoms with E-state index in [-0.39, 0.29) is 12.5 Å². The molecule has 33 heavy (non-hydrogen) atoms. The number of amides is 2. The maximum Gasteiger partial charge on any atom is 0.409 e. The summed E-state index contributed by atoms with van der Waals surface area (Å²) < 4.78 is 45.0. The minimum Gasteiger partial charge on any atom is -0.479 e.